The Kier molecular flexibility index (Phi) is 4.52. The quantitative estimate of drug-likeness (QED) is 0.323. The molecule has 4 heteroatoms. The van der Waals surface area contributed by atoms with Gasteiger partial charge in [-0.15, -0.1) is 6.58 Å². The molecule has 0 fully saturated rings. The molecule has 0 aliphatic carbocycles. The van der Waals surface area contributed by atoms with E-state index in [-0.39, 0.29) is 6.04 Å². The van der Waals surface area contributed by atoms with Crippen molar-refractivity contribution in [3.05, 3.63) is 30.1 Å². The van der Waals surface area contributed by atoms with Crippen molar-refractivity contribution in [3.63, 3.8) is 0 Å². The summed E-state index contributed by atoms with van der Waals surface area (Å²) in [5, 5.41) is 4.31. The third-order valence-corrected chi connectivity index (χ3v) is 2.53. The number of aryl methyl sites for hydroxylation is 2. The molecule has 1 aromatic rings. The molecule has 84 valence electrons. The van der Waals surface area contributed by atoms with E-state index >= 15 is 0 Å². The highest BCUT2D eigenvalue weighted by Gasteiger charge is 2.14. The van der Waals surface area contributed by atoms with Crippen molar-refractivity contribution < 1.29 is 0 Å². The van der Waals surface area contributed by atoms with Crippen LogP contribution in [0.3, 0.4) is 0 Å². The summed E-state index contributed by atoms with van der Waals surface area (Å²) < 4.78 is 1.82. The molecule has 1 unspecified atom stereocenters. The number of nitrogens with zero attached hydrogens (tertiary/aromatic N) is 2. The monoisotopic (exact) mass is 208 g/mol. The van der Waals surface area contributed by atoms with Gasteiger partial charge in [0.15, 0.2) is 0 Å². The van der Waals surface area contributed by atoms with Crippen molar-refractivity contribution in [2.24, 2.45) is 12.9 Å². The molecule has 1 atom stereocenters. The molecule has 0 radical (unpaired) electrons. The van der Waals surface area contributed by atoms with Gasteiger partial charge >= 0.3 is 0 Å². The molecule has 0 bridgehead atoms. The number of unbranched alkanes of at least 4 members (excludes halogenated alkanes) is 1. The Bertz CT molecular complexity index is 316. The highest BCUT2D eigenvalue weighted by atomic mass is 15.3. The van der Waals surface area contributed by atoms with Crippen molar-refractivity contribution in [2.75, 3.05) is 0 Å². The molecule has 0 saturated carbocycles. The van der Waals surface area contributed by atoms with Crippen LogP contribution in [0.25, 0.3) is 0 Å². The molecule has 1 heterocycles. The van der Waals surface area contributed by atoms with Gasteiger partial charge in [0.1, 0.15) is 0 Å². The van der Waals surface area contributed by atoms with Crippen molar-refractivity contribution in [2.45, 2.75) is 32.2 Å². The van der Waals surface area contributed by atoms with Crippen LogP contribution in [0, 0.1) is 6.92 Å². The Morgan fingerprint density at radius 3 is 2.93 bits per heavy atom. The average Bonchev–Trinajstić information content (AvgIpc) is 2.53. The second kappa shape index (κ2) is 5.68. The van der Waals surface area contributed by atoms with Crippen LogP contribution < -0.4 is 11.3 Å². The van der Waals surface area contributed by atoms with Crippen LogP contribution in [-0.2, 0) is 7.05 Å². The van der Waals surface area contributed by atoms with E-state index in [1.807, 2.05) is 30.9 Å². The summed E-state index contributed by atoms with van der Waals surface area (Å²) in [7, 11) is 1.92. The van der Waals surface area contributed by atoms with Crippen LogP contribution in [0.2, 0.25) is 0 Å². The summed E-state index contributed by atoms with van der Waals surface area (Å²) in [6.45, 7) is 5.72. The predicted molar refractivity (Wildman–Crippen MR) is 62.1 cm³/mol. The third-order valence-electron chi connectivity index (χ3n) is 2.53. The maximum atomic E-state index is 5.55. The second-order valence-corrected chi connectivity index (χ2v) is 3.78. The van der Waals surface area contributed by atoms with E-state index in [4.69, 9.17) is 5.84 Å². The topological polar surface area (TPSA) is 55.9 Å². The van der Waals surface area contributed by atoms with Gasteiger partial charge in [-0.25, -0.2) is 0 Å². The summed E-state index contributed by atoms with van der Waals surface area (Å²) >= 11 is 0. The Hall–Kier alpha value is -1.13. The van der Waals surface area contributed by atoms with Crippen LogP contribution in [0.4, 0.5) is 0 Å². The highest BCUT2D eigenvalue weighted by Crippen LogP contribution is 2.20. The van der Waals surface area contributed by atoms with E-state index in [9.17, 15) is 0 Å². The number of hydrogen-bond donors (Lipinski definition) is 2. The third kappa shape index (κ3) is 3.18. The lowest BCUT2D eigenvalue weighted by Crippen LogP contribution is -2.28. The zero-order chi connectivity index (χ0) is 11.3. The fraction of sp³-hybridized carbons (Fsp3) is 0.545. The Balaban J connectivity index is 2.65. The Morgan fingerprint density at radius 1 is 1.73 bits per heavy atom. The van der Waals surface area contributed by atoms with Crippen molar-refractivity contribution in [3.8, 4) is 0 Å². The summed E-state index contributed by atoms with van der Waals surface area (Å²) in [4.78, 5) is 0. The lowest BCUT2D eigenvalue weighted by atomic mass is 10.0. The molecular formula is C11H20N4. The first-order valence-corrected chi connectivity index (χ1v) is 5.26. The molecule has 1 aromatic heterocycles. The van der Waals surface area contributed by atoms with Gasteiger partial charge in [-0.2, -0.15) is 5.10 Å². The number of aromatic nitrogens is 2. The first-order chi connectivity index (χ1) is 7.19. The first-order valence-electron chi connectivity index (χ1n) is 5.26. The number of allylic oxidation sites excluding steroid dienone is 1. The van der Waals surface area contributed by atoms with Gasteiger partial charge in [-0.05, 0) is 26.2 Å². The first kappa shape index (κ1) is 11.9. The molecule has 1 rings (SSSR count). The minimum absolute atomic E-state index is 0.193. The predicted octanol–water partition coefficient (Wildman–Crippen LogP) is 1.59. The largest absolute Gasteiger partial charge is 0.275 e. The van der Waals surface area contributed by atoms with E-state index in [0.29, 0.717) is 0 Å². The average molecular weight is 208 g/mol. The normalized spacial score (nSPS) is 12.7. The van der Waals surface area contributed by atoms with Gasteiger partial charge < -0.3 is 0 Å². The number of rotatable bonds is 6. The van der Waals surface area contributed by atoms with Crippen molar-refractivity contribution >= 4 is 0 Å². The number of hydrogen-bond acceptors (Lipinski definition) is 3. The second-order valence-electron chi connectivity index (χ2n) is 3.78. The van der Waals surface area contributed by atoms with Crippen molar-refractivity contribution in [1.29, 1.82) is 0 Å². The van der Waals surface area contributed by atoms with E-state index in [1.54, 1.807) is 0 Å². The van der Waals surface area contributed by atoms with E-state index < -0.39 is 0 Å². The lowest BCUT2D eigenvalue weighted by molar-refractivity contribution is 0.499. The van der Waals surface area contributed by atoms with Crippen molar-refractivity contribution in [1.82, 2.24) is 15.2 Å². The maximum absolute atomic E-state index is 5.55. The molecule has 0 aromatic carbocycles. The van der Waals surface area contributed by atoms with E-state index in [1.165, 1.54) is 5.56 Å². The van der Waals surface area contributed by atoms with Gasteiger partial charge in [0, 0.05) is 24.8 Å². The molecule has 3 N–H and O–H groups in total. The maximum Gasteiger partial charge on any atom is 0.0641 e. The number of hydrazine groups is 1. The minimum Gasteiger partial charge on any atom is -0.275 e. The van der Waals surface area contributed by atoms with Gasteiger partial charge in [-0.3, -0.25) is 16.0 Å². The molecule has 0 aliphatic rings. The molecule has 0 saturated heterocycles. The molecule has 15 heavy (non-hydrogen) atoms. The van der Waals surface area contributed by atoms with Crippen LogP contribution in [0.5, 0.6) is 0 Å². The molecule has 0 aliphatic heterocycles. The Morgan fingerprint density at radius 2 is 2.47 bits per heavy atom. The van der Waals surface area contributed by atoms with Crippen LogP contribution in [-0.4, -0.2) is 9.78 Å². The zero-order valence-corrected chi connectivity index (χ0v) is 9.53. The smallest absolute Gasteiger partial charge is 0.0641 e. The SMILES string of the molecule is C=CCCCC(NN)c1cn(C)nc1C. The fourth-order valence-corrected chi connectivity index (χ4v) is 1.75. The standard InChI is InChI=1S/C11H20N4/c1-4-5-6-7-11(13-12)10-8-15(3)14-9(10)2/h4,8,11,13H,1,5-7,12H2,2-3H3. The number of nitrogens with one attached hydrogen (secondary N) is 1. The van der Waals surface area contributed by atoms with E-state index in [0.717, 1.165) is 25.0 Å². The Labute approximate surface area is 91.1 Å². The highest BCUT2D eigenvalue weighted by molar-refractivity contribution is 5.19. The lowest BCUT2D eigenvalue weighted by Gasteiger charge is -2.14. The summed E-state index contributed by atoms with van der Waals surface area (Å²) in [6, 6.07) is 0.193. The fourth-order valence-electron chi connectivity index (χ4n) is 1.75. The van der Waals surface area contributed by atoms with Gasteiger partial charge in [0.2, 0.25) is 0 Å². The molecule has 4 nitrogen and oxygen atoms in total. The van der Waals surface area contributed by atoms with Crippen LogP contribution >= 0.6 is 0 Å². The molecule has 0 amide bonds. The number of nitrogens with two attached hydrogens (primary N) is 1. The summed E-state index contributed by atoms with van der Waals surface area (Å²) in [5.74, 6) is 5.55. The zero-order valence-electron chi connectivity index (χ0n) is 9.53. The summed E-state index contributed by atoms with van der Waals surface area (Å²) in [5.41, 5.74) is 5.07. The van der Waals surface area contributed by atoms with Crippen LogP contribution in [0.1, 0.15) is 36.6 Å². The minimum atomic E-state index is 0.193. The summed E-state index contributed by atoms with van der Waals surface area (Å²) in [6.07, 6.45) is 7.08. The van der Waals surface area contributed by atoms with Gasteiger partial charge in [0.05, 0.1) is 5.69 Å². The van der Waals surface area contributed by atoms with Crippen LogP contribution in [0.15, 0.2) is 18.9 Å². The molecular weight excluding hydrogens is 188 g/mol. The van der Waals surface area contributed by atoms with Gasteiger partial charge in [-0.1, -0.05) is 6.08 Å². The van der Waals surface area contributed by atoms with Gasteiger partial charge in [0.25, 0.3) is 0 Å². The van der Waals surface area contributed by atoms with E-state index in [2.05, 4.69) is 17.1 Å². The molecule has 0 spiro atoms.